The quantitative estimate of drug-likeness (QED) is 0.654. The Labute approximate surface area is 148 Å². The third-order valence-electron chi connectivity index (χ3n) is 4.71. The van der Waals surface area contributed by atoms with E-state index in [1.807, 2.05) is 0 Å². The average molecular weight is 354 g/mol. The predicted molar refractivity (Wildman–Crippen MR) is 95.7 cm³/mol. The Hall–Kier alpha value is -2.99. The van der Waals surface area contributed by atoms with E-state index in [2.05, 4.69) is 0 Å². The summed E-state index contributed by atoms with van der Waals surface area (Å²) in [5, 5.41) is 30.1. The Balaban J connectivity index is 1.91. The van der Waals surface area contributed by atoms with Gasteiger partial charge in [-0.05, 0) is 31.5 Å². The molecule has 1 aromatic heterocycles. The SMILES string of the molecule is CC(C)(O)[C@H]1Cc2c(cc(O)c3c(=O)c(-c4ccc(O)cc4)coc23)O1. The molecule has 0 fully saturated rings. The summed E-state index contributed by atoms with van der Waals surface area (Å²) in [6.45, 7) is 3.29. The Bertz CT molecular complexity index is 1060. The van der Waals surface area contributed by atoms with Gasteiger partial charge < -0.3 is 24.5 Å². The number of phenolic OH excluding ortho intramolecular Hbond substituents is 2. The first kappa shape index (κ1) is 16.5. The van der Waals surface area contributed by atoms with E-state index < -0.39 is 11.7 Å². The number of fused-ring (bicyclic) bond motifs is 3. The zero-order valence-electron chi connectivity index (χ0n) is 14.3. The molecule has 1 aliphatic rings. The Kier molecular flexibility index (Phi) is 3.49. The second-order valence-corrected chi connectivity index (χ2v) is 7.07. The smallest absolute Gasteiger partial charge is 0.204 e. The molecule has 2 aromatic carbocycles. The van der Waals surface area contributed by atoms with E-state index in [0.717, 1.165) is 0 Å². The number of phenols is 2. The first-order valence-electron chi connectivity index (χ1n) is 8.24. The average Bonchev–Trinajstić information content (AvgIpc) is 3.00. The molecule has 0 amide bonds. The highest BCUT2D eigenvalue weighted by molar-refractivity contribution is 5.91. The normalized spacial score (nSPS) is 16.5. The Morgan fingerprint density at radius 3 is 2.50 bits per heavy atom. The van der Waals surface area contributed by atoms with Crippen LogP contribution >= 0.6 is 0 Å². The van der Waals surface area contributed by atoms with Crippen molar-refractivity contribution in [1.82, 2.24) is 0 Å². The topological polar surface area (TPSA) is 100 Å². The van der Waals surface area contributed by atoms with Crippen molar-refractivity contribution in [2.75, 3.05) is 0 Å². The predicted octanol–water partition coefficient (Wildman–Crippen LogP) is 2.95. The maximum absolute atomic E-state index is 12.9. The van der Waals surface area contributed by atoms with Crippen molar-refractivity contribution in [1.29, 1.82) is 0 Å². The van der Waals surface area contributed by atoms with Crippen LogP contribution in [0.4, 0.5) is 0 Å². The van der Waals surface area contributed by atoms with Gasteiger partial charge in [0.25, 0.3) is 0 Å². The molecule has 3 N–H and O–H groups in total. The molecule has 0 saturated carbocycles. The van der Waals surface area contributed by atoms with E-state index in [-0.39, 0.29) is 33.5 Å². The highest BCUT2D eigenvalue weighted by atomic mass is 16.5. The van der Waals surface area contributed by atoms with Crippen molar-refractivity contribution in [3.05, 3.63) is 52.4 Å². The van der Waals surface area contributed by atoms with Crippen LogP contribution in [0, 0.1) is 0 Å². The van der Waals surface area contributed by atoms with Gasteiger partial charge in [-0.15, -0.1) is 0 Å². The van der Waals surface area contributed by atoms with Gasteiger partial charge in [0.05, 0.1) is 11.2 Å². The molecule has 6 heteroatoms. The minimum absolute atomic E-state index is 0.0781. The van der Waals surface area contributed by atoms with Gasteiger partial charge in [0.1, 0.15) is 40.6 Å². The van der Waals surface area contributed by atoms with E-state index in [1.54, 1.807) is 26.0 Å². The molecule has 1 atom stereocenters. The first-order valence-corrected chi connectivity index (χ1v) is 8.24. The summed E-state index contributed by atoms with van der Waals surface area (Å²) in [5.74, 6) is 0.265. The van der Waals surface area contributed by atoms with E-state index in [1.165, 1.54) is 24.5 Å². The van der Waals surface area contributed by atoms with E-state index in [9.17, 15) is 20.1 Å². The van der Waals surface area contributed by atoms with Crippen LogP contribution in [0.25, 0.3) is 22.1 Å². The summed E-state index contributed by atoms with van der Waals surface area (Å²) < 4.78 is 11.4. The van der Waals surface area contributed by atoms with Crippen LogP contribution in [0.15, 0.2) is 45.8 Å². The zero-order valence-corrected chi connectivity index (χ0v) is 14.3. The van der Waals surface area contributed by atoms with Gasteiger partial charge in [0.2, 0.25) is 5.43 Å². The third-order valence-corrected chi connectivity index (χ3v) is 4.71. The lowest BCUT2D eigenvalue weighted by Crippen LogP contribution is -2.39. The van der Waals surface area contributed by atoms with Crippen LogP contribution in [-0.4, -0.2) is 27.0 Å². The van der Waals surface area contributed by atoms with Crippen molar-refractivity contribution in [3.8, 4) is 28.4 Å². The van der Waals surface area contributed by atoms with Crippen LogP contribution in [0.1, 0.15) is 19.4 Å². The van der Waals surface area contributed by atoms with Crippen LogP contribution < -0.4 is 10.2 Å². The summed E-state index contributed by atoms with van der Waals surface area (Å²) in [6.07, 6.45) is 1.22. The van der Waals surface area contributed by atoms with Gasteiger partial charge in [-0.3, -0.25) is 4.79 Å². The van der Waals surface area contributed by atoms with Crippen LogP contribution in [0.2, 0.25) is 0 Å². The number of ether oxygens (including phenoxy) is 1. The molecule has 134 valence electrons. The van der Waals surface area contributed by atoms with Crippen LogP contribution in [-0.2, 0) is 6.42 Å². The molecule has 2 heterocycles. The number of hydrogen-bond donors (Lipinski definition) is 3. The summed E-state index contributed by atoms with van der Waals surface area (Å²) in [4.78, 5) is 12.9. The molecule has 1 aliphatic heterocycles. The molecule has 6 nitrogen and oxygen atoms in total. The molecule has 0 radical (unpaired) electrons. The lowest BCUT2D eigenvalue weighted by atomic mass is 9.96. The number of aliphatic hydroxyl groups is 1. The molecular weight excluding hydrogens is 336 g/mol. The van der Waals surface area contributed by atoms with Crippen molar-refractivity contribution in [2.45, 2.75) is 32.0 Å². The minimum atomic E-state index is -1.08. The molecule has 0 bridgehead atoms. The molecule has 0 saturated heterocycles. The van der Waals surface area contributed by atoms with E-state index in [0.29, 0.717) is 23.3 Å². The standard InChI is InChI=1S/C20H18O6/c1-20(2,24)16-7-12-15(26-16)8-14(22)17-18(23)13(9-25-19(12)17)10-3-5-11(21)6-4-10/h3-6,8-9,16,21-22,24H,7H2,1-2H3/t16-/m1/s1. The fourth-order valence-electron chi connectivity index (χ4n) is 3.23. The van der Waals surface area contributed by atoms with Crippen LogP contribution in [0.3, 0.4) is 0 Å². The molecule has 0 aliphatic carbocycles. The highest BCUT2D eigenvalue weighted by Gasteiger charge is 2.37. The van der Waals surface area contributed by atoms with E-state index in [4.69, 9.17) is 9.15 Å². The highest BCUT2D eigenvalue weighted by Crippen LogP contribution is 2.41. The fraction of sp³-hybridized carbons (Fsp3) is 0.250. The number of benzene rings is 2. The molecular formula is C20H18O6. The second kappa shape index (κ2) is 5.51. The Morgan fingerprint density at radius 1 is 1.15 bits per heavy atom. The maximum Gasteiger partial charge on any atom is 0.204 e. The summed E-state index contributed by atoms with van der Waals surface area (Å²) in [5.41, 5.74) is 0.324. The third kappa shape index (κ3) is 2.50. The second-order valence-electron chi connectivity index (χ2n) is 7.07. The van der Waals surface area contributed by atoms with Crippen molar-refractivity contribution in [2.24, 2.45) is 0 Å². The van der Waals surface area contributed by atoms with Gasteiger partial charge in [0, 0.05) is 18.1 Å². The largest absolute Gasteiger partial charge is 0.508 e. The summed E-state index contributed by atoms with van der Waals surface area (Å²) >= 11 is 0. The van der Waals surface area contributed by atoms with Crippen molar-refractivity contribution < 1.29 is 24.5 Å². The van der Waals surface area contributed by atoms with Gasteiger partial charge in [-0.25, -0.2) is 0 Å². The van der Waals surface area contributed by atoms with Crippen LogP contribution in [0.5, 0.6) is 17.2 Å². The zero-order chi connectivity index (χ0) is 18.6. The van der Waals surface area contributed by atoms with Gasteiger partial charge >= 0.3 is 0 Å². The molecule has 3 aromatic rings. The lowest BCUT2D eigenvalue weighted by Gasteiger charge is -2.24. The van der Waals surface area contributed by atoms with E-state index >= 15 is 0 Å². The van der Waals surface area contributed by atoms with Gasteiger partial charge in [-0.2, -0.15) is 0 Å². The number of aromatic hydroxyl groups is 2. The molecule has 0 spiro atoms. The molecule has 4 rings (SSSR count). The Morgan fingerprint density at radius 2 is 1.85 bits per heavy atom. The van der Waals surface area contributed by atoms with Crippen molar-refractivity contribution in [3.63, 3.8) is 0 Å². The molecule has 26 heavy (non-hydrogen) atoms. The summed E-state index contributed by atoms with van der Waals surface area (Å²) in [7, 11) is 0. The first-order chi connectivity index (χ1) is 12.3. The fourth-order valence-corrected chi connectivity index (χ4v) is 3.23. The maximum atomic E-state index is 12.9. The number of hydrogen-bond acceptors (Lipinski definition) is 6. The van der Waals surface area contributed by atoms with Gasteiger partial charge in [0.15, 0.2) is 0 Å². The lowest BCUT2D eigenvalue weighted by molar-refractivity contribution is -0.0229. The minimum Gasteiger partial charge on any atom is -0.508 e. The number of rotatable bonds is 2. The monoisotopic (exact) mass is 354 g/mol. The molecule has 0 unspecified atom stereocenters. The van der Waals surface area contributed by atoms with Gasteiger partial charge in [-0.1, -0.05) is 12.1 Å². The summed E-state index contributed by atoms with van der Waals surface area (Å²) in [6, 6.07) is 7.55. The van der Waals surface area contributed by atoms with Crippen molar-refractivity contribution >= 4 is 11.0 Å².